The Balaban J connectivity index is 2.07. The van der Waals surface area contributed by atoms with Gasteiger partial charge in [0, 0.05) is 11.1 Å². The van der Waals surface area contributed by atoms with Crippen molar-refractivity contribution in [3.05, 3.63) is 70.0 Å². The maximum atomic E-state index is 13.1. The number of benzene rings is 2. The summed E-state index contributed by atoms with van der Waals surface area (Å²) in [5.74, 6) is 0.434. The molecular formula is C17H13F3N4S. The molecule has 0 spiro atoms. The molecule has 0 saturated heterocycles. The van der Waals surface area contributed by atoms with Gasteiger partial charge in [0.05, 0.1) is 11.8 Å². The predicted molar refractivity (Wildman–Crippen MR) is 92.0 cm³/mol. The molecule has 3 rings (SSSR count). The van der Waals surface area contributed by atoms with Crippen LogP contribution in [0.1, 0.15) is 16.7 Å². The van der Waals surface area contributed by atoms with Gasteiger partial charge in [-0.15, -0.1) is 0 Å². The molecule has 3 aromatic rings. The maximum Gasteiger partial charge on any atom is 0.417 e. The minimum Gasteiger partial charge on any atom is -0.250 e. The Morgan fingerprint density at radius 1 is 1.12 bits per heavy atom. The second kappa shape index (κ2) is 6.64. The SMILES string of the molecule is Cc1ccccc1-c1n[nH]c(=S)n1N=Cc1ccccc1C(F)(F)F. The second-order valence-corrected chi connectivity index (χ2v) is 5.70. The molecule has 0 unspecified atom stereocenters. The van der Waals surface area contributed by atoms with E-state index in [0.29, 0.717) is 5.82 Å². The molecule has 1 aromatic heterocycles. The summed E-state index contributed by atoms with van der Waals surface area (Å²) >= 11 is 5.15. The van der Waals surface area contributed by atoms with E-state index in [4.69, 9.17) is 12.2 Å². The van der Waals surface area contributed by atoms with E-state index in [-0.39, 0.29) is 10.3 Å². The van der Waals surface area contributed by atoms with E-state index in [1.807, 2.05) is 31.2 Å². The molecule has 0 bridgehead atoms. The zero-order valence-electron chi connectivity index (χ0n) is 13.1. The minimum atomic E-state index is -4.46. The molecular weight excluding hydrogens is 349 g/mol. The lowest BCUT2D eigenvalue weighted by molar-refractivity contribution is -0.137. The lowest BCUT2D eigenvalue weighted by Crippen LogP contribution is -2.09. The zero-order valence-corrected chi connectivity index (χ0v) is 13.9. The van der Waals surface area contributed by atoms with Crippen molar-refractivity contribution >= 4 is 18.4 Å². The molecule has 0 aliphatic carbocycles. The summed E-state index contributed by atoms with van der Waals surface area (Å²) in [6.45, 7) is 1.90. The molecule has 4 nitrogen and oxygen atoms in total. The molecule has 0 radical (unpaired) electrons. The van der Waals surface area contributed by atoms with Crippen LogP contribution in [0.15, 0.2) is 53.6 Å². The monoisotopic (exact) mass is 362 g/mol. The highest BCUT2D eigenvalue weighted by Gasteiger charge is 2.32. The first kappa shape index (κ1) is 17.1. The van der Waals surface area contributed by atoms with E-state index in [1.165, 1.54) is 22.9 Å². The van der Waals surface area contributed by atoms with Gasteiger partial charge in [-0.05, 0) is 30.8 Å². The van der Waals surface area contributed by atoms with Crippen LogP contribution >= 0.6 is 12.2 Å². The number of halogens is 3. The second-order valence-electron chi connectivity index (χ2n) is 5.31. The third-order valence-electron chi connectivity index (χ3n) is 3.61. The van der Waals surface area contributed by atoms with E-state index < -0.39 is 11.7 Å². The van der Waals surface area contributed by atoms with E-state index >= 15 is 0 Å². The van der Waals surface area contributed by atoms with Crippen molar-refractivity contribution < 1.29 is 13.2 Å². The Hall–Kier alpha value is -2.74. The summed E-state index contributed by atoms with van der Waals surface area (Å²) < 4.78 is 40.8. The van der Waals surface area contributed by atoms with E-state index in [9.17, 15) is 13.2 Å². The molecule has 0 atom stereocenters. The van der Waals surface area contributed by atoms with E-state index in [0.717, 1.165) is 23.4 Å². The van der Waals surface area contributed by atoms with Crippen LogP contribution in [0.5, 0.6) is 0 Å². The van der Waals surface area contributed by atoms with Gasteiger partial charge in [0.25, 0.3) is 0 Å². The molecule has 2 aromatic carbocycles. The third-order valence-corrected chi connectivity index (χ3v) is 3.88. The first-order valence-corrected chi connectivity index (χ1v) is 7.73. The van der Waals surface area contributed by atoms with Crippen LogP contribution in [0.3, 0.4) is 0 Å². The van der Waals surface area contributed by atoms with Gasteiger partial charge in [-0.2, -0.15) is 28.0 Å². The minimum absolute atomic E-state index is 0.0474. The number of nitrogens with one attached hydrogen (secondary N) is 1. The third kappa shape index (κ3) is 3.53. The van der Waals surface area contributed by atoms with Crippen LogP contribution in [0, 0.1) is 11.7 Å². The number of nitrogens with zero attached hydrogens (tertiary/aromatic N) is 3. The van der Waals surface area contributed by atoms with Crippen molar-refractivity contribution in [1.82, 2.24) is 14.9 Å². The molecule has 0 saturated carbocycles. The first-order valence-electron chi connectivity index (χ1n) is 7.32. The molecule has 128 valence electrons. The van der Waals surface area contributed by atoms with Crippen molar-refractivity contribution in [3.63, 3.8) is 0 Å². The Morgan fingerprint density at radius 3 is 2.52 bits per heavy atom. The van der Waals surface area contributed by atoms with Gasteiger partial charge in [-0.25, -0.2) is 5.10 Å². The molecule has 25 heavy (non-hydrogen) atoms. The van der Waals surface area contributed by atoms with Crippen LogP contribution < -0.4 is 0 Å². The highest BCUT2D eigenvalue weighted by Crippen LogP contribution is 2.31. The number of hydrogen-bond acceptors (Lipinski definition) is 3. The van der Waals surface area contributed by atoms with E-state index in [1.54, 1.807) is 0 Å². The summed E-state index contributed by atoms with van der Waals surface area (Å²) in [7, 11) is 0. The van der Waals surface area contributed by atoms with Crippen LogP contribution in [0.2, 0.25) is 0 Å². The van der Waals surface area contributed by atoms with Crippen LogP contribution in [-0.4, -0.2) is 21.1 Å². The quantitative estimate of drug-likeness (QED) is 0.536. The Bertz CT molecular complexity index is 986. The van der Waals surface area contributed by atoms with Crippen molar-refractivity contribution in [2.75, 3.05) is 0 Å². The van der Waals surface area contributed by atoms with E-state index in [2.05, 4.69) is 15.3 Å². The lowest BCUT2D eigenvalue weighted by Gasteiger charge is -2.09. The predicted octanol–water partition coefficient (Wildman–Crippen LogP) is 4.82. The number of aromatic amines is 1. The number of hydrogen-bond donors (Lipinski definition) is 1. The summed E-state index contributed by atoms with van der Waals surface area (Å²) in [5, 5.41) is 10.9. The van der Waals surface area contributed by atoms with Crippen LogP contribution in [-0.2, 0) is 6.18 Å². The average Bonchev–Trinajstić information content (AvgIpc) is 2.93. The maximum absolute atomic E-state index is 13.1. The molecule has 0 amide bonds. The smallest absolute Gasteiger partial charge is 0.250 e. The molecule has 8 heteroatoms. The van der Waals surface area contributed by atoms with Crippen LogP contribution in [0.4, 0.5) is 13.2 Å². The summed E-state index contributed by atoms with van der Waals surface area (Å²) in [5.41, 5.74) is 0.930. The van der Waals surface area contributed by atoms with Crippen molar-refractivity contribution in [3.8, 4) is 11.4 Å². The normalized spacial score (nSPS) is 12.0. The lowest BCUT2D eigenvalue weighted by atomic mass is 10.1. The van der Waals surface area contributed by atoms with Gasteiger partial charge in [0.2, 0.25) is 4.77 Å². The van der Waals surface area contributed by atoms with Crippen molar-refractivity contribution in [2.24, 2.45) is 5.10 Å². The van der Waals surface area contributed by atoms with Gasteiger partial charge in [0.15, 0.2) is 5.82 Å². The van der Waals surface area contributed by atoms with Crippen molar-refractivity contribution in [2.45, 2.75) is 13.1 Å². The number of alkyl halides is 3. The van der Waals surface area contributed by atoms with Crippen molar-refractivity contribution in [1.29, 1.82) is 0 Å². The summed E-state index contributed by atoms with van der Waals surface area (Å²) in [6, 6.07) is 12.7. The number of aromatic nitrogens is 3. The average molecular weight is 362 g/mol. The Morgan fingerprint density at radius 2 is 1.80 bits per heavy atom. The topological polar surface area (TPSA) is 46.0 Å². The first-order chi connectivity index (χ1) is 11.9. The number of aryl methyl sites for hydroxylation is 1. The van der Waals surface area contributed by atoms with Gasteiger partial charge in [-0.3, -0.25) is 0 Å². The molecule has 0 aliphatic rings. The highest BCUT2D eigenvalue weighted by molar-refractivity contribution is 7.71. The number of H-pyrrole nitrogens is 1. The van der Waals surface area contributed by atoms with Gasteiger partial charge < -0.3 is 0 Å². The fourth-order valence-corrected chi connectivity index (χ4v) is 2.56. The molecule has 0 aliphatic heterocycles. The van der Waals surface area contributed by atoms with Gasteiger partial charge in [0.1, 0.15) is 0 Å². The molecule has 0 fully saturated rings. The van der Waals surface area contributed by atoms with Gasteiger partial charge >= 0.3 is 6.18 Å². The standard InChI is InChI=1S/C17H13F3N4S/c1-11-6-2-4-8-13(11)15-22-23-16(25)24(15)21-10-12-7-3-5-9-14(12)17(18,19)20/h2-10H,1H3,(H,23,25). The molecule has 1 heterocycles. The Kier molecular flexibility index (Phi) is 4.54. The summed E-state index contributed by atoms with van der Waals surface area (Å²) in [6.07, 6.45) is -3.32. The van der Waals surface area contributed by atoms with Gasteiger partial charge in [-0.1, -0.05) is 42.5 Å². The fraction of sp³-hybridized carbons (Fsp3) is 0.118. The zero-order chi connectivity index (χ0) is 18.0. The largest absolute Gasteiger partial charge is 0.417 e. The van der Waals surface area contributed by atoms with Crippen LogP contribution in [0.25, 0.3) is 11.4 Å². The highest BCUT2D eigenvalue weighted by atomic mass is 32.1. The summed E-state index contributed by atoms with van der Waals surface area (Å²) in [4.78, 5) is 0. The number of rotatable bonds is 3. The Labute approximate surface area is 146 Å². The molecule has 1 N–H and O–H groups in total. The fourth-order valence-electron chi connectivity index (χ4n) is 2.38.